The fourth-order valence-corrected chi connectivity index (χ4v) is 2.82. The van der Waals surface area contributed by atoms with Crippen LogP contribution in [0.1, 0.15) is 0 Å². The zero-order chi connectivity index (χ0) is 12.6. The Kier molecular flexibility index (Phi) is 7.65. The van der Waals surface area contributed by atoms with Gasteiger partial charge in [0, 0.05) is 0 Å². The second-order valence-corrected chi connectivity index (χ2v) is 6.07. The van der Waals surface area contributed by atoms with Crippen molar-refractivity contribution >= 4 is 0 Å². The molecule has 17 heavy (non-hydrogen) atoms. The molecule has 0 amide bonds. The first kappa shape index (κ1) is 15.4. The summed E-state index contributed by atoms with van der Waals surface area (Å²) in [4.78, 5) is 0. The molecule has 1 aliphatic rings. The van der Waals surface area contributed by atoms with Crippen molar-refractivity contribution in [1.29, 1.82) is 0 Å². The van der Waals surface area contributed by atoms with E-state index in [4.69, 9.17) is 0 Å². The molecule has 0 radical (unpaired) electrons. The number of halogens is 3. The summed E-state index contributed by atoms with van der Waals surface area (Å²) in [5.74, 6) is 0. The molecule has 1 heterocycles. The van der Waals surface area contributed by atoms with Gasteiger partial charge in [0.2, 0.25) is 0 Å². The molecule has 3 N–H and O–H groups in total. The molecule has 0 bridgehead atoms. The molecule has 0 atom stereocenters. The van der Waals surface area contributed by atoms with E-state index < -0.39 is 23.9 Å². The van der Waals surface area contributed by atoms with Crippen LogP contribution in [0.15, 0.2) is 0 Å². The minimum atomic E-state index is -3.99. The van der Waals surface area contributed by atoms with Crippen LogP contribution in [0.25, 0.3) is 0 Å². The van der Waals surface area contributed by atoms with E-state index >= 15 is 0 Å². The zero-order valence-corrected chi connectivity index (χ0v) is 11.3. The van der Waals surface area contributed by atoms with Crippen molar-refractivity contribution in [2.24, 2.45) is 0 Å². The second kappa shape index (κ2) is 8.45. The quantitative estimate of drug-likeness (QED) is 0.574. The molecule has 0 spiro atoms. The summed E-state index contributed by atoms with van der Waals surface area (Å²) in [6.45, 7) is 5.55. The SMILES string of the molecule is F[C](F)(F)[Ti][N]1CCNCCNCCNCC1. The summed E-state index contributed by atoms with van der Waals surface area (Å²) in [5, 5.41) is 9.54. The van der Waals surface area contributed by atoms with E-state index in [9.17, 15) is 13.2 Å². The van der Waals surface area contributed by atoms with Gasteiger partial charge in [-0.1, -0.05) is 0 Å². The van der Waals surface area contributed by atoms with Gasteiger partial charge in [0.1, 0.15) is 0 Å². The molecule has 0 aliphatic carbocycles. The van der Waals surface area contributed by atoms with Crippen molar-refractivity contribution in [2.45, 2.75) is 4.48 Å². The van der Waals surface area contributed by atoms with Crippen molar-refractivity contribution in [2.75, 3.05) is 52.4 Å². The van der Waals surface area contributed by atoms with E-state index in [-0.39, 0.29) is 0 Å². The van der Waals surface area contributed by atoms with Gasteiger partial charge in [0.25, 0.3) is 0 Å². The number of rotatable bonds is 1. The van der Waals surface area contributed by atoms with Crippen LogP contribution < -0.4 is 16.0 Å². The summed E-state index contributed by atoms with van der Waals surface area (Å²) in [5.41, 5.74) is 0. The molecule has 0 aromatic rings. The minimum absolute atomic E-state index is 0.487. The van der Waals surface area contributed by atoms with E-state index in [1.807, 2.05) is 0 Å². The third-order valence-corrected chi connectivity index (χ3v) is 3.95. The molecule has 1 rings (SSSR count). The molecule has 8 heteroatoms. The van der Waals surface area contributed by atoms with Crippen molar-refractivity contribution in [1.82, 2.24) is 19.3 Å². The number of nitrogens with zero attached hydrogens (tertiary/aromatic N) is 1. The Morgan fingerprint density at radius 2 is 1.18 bits per heavy atom. The third kappa shape index (κ3) is 8.99. The normalized spacial score (nSPS) is 22.5. The fraction of sp³-hybridized carbons (Fsp3) is 1.00. The van der Waals surface area contributed by atoms with Crippen LogP contribution in [0.3, 0.4) is 0 Å². The number of nitrogens with one attached hydrogen (secondary N) is 3. The van der Waals surface area contributed by atoms with Crippen molar-refractivity contribution in [3.05, 3.63) is 0 Å². The van der Waals surface area contributed by atoms with E-state index in [1.165, 1.54) is 0 Å². The molecule has 0 aromatic carbocycles. The molecular formula is C9H19F3N4Ti. The Morgan fingerprint density at radius 1 is 0.765 bits per heavy atom. The van der Waals surface area contributed by atoms with Gasteiger partial charge in [-0.2, -0.15) is 0 Å². The van der Waals surface area contributed by atoms with Gasteiger partial charge in [-0.05, 0) is 0 Å². The van der Waals surface area contributed by atoms with E-state index in [1.54, 1.807) is 3.38 Å². The summed E-state index contributed by atoms with van der Waals surface area (Å²) in [7, 11) is 0. The van der Waals surface area contributed by atoms with Gasteiger partial charge in [-0.15, -0.1) is 0 Å². The number of hydrogen-bond acceptors (Lipinski definition) is 4. The molecule has 4 nitrogen and oxygen atoms in total. The third-order valence-electron chi connectivity index (χ3n) is 2.36. The van der Waals surface area contributed by atoms with Gasteiger partial charge >= 0.3 is 109 Å². The fourth-order valence-electron chi connectivity index (χ4n) is 1.56. The van der Waals surface area contributed by atoms with Crippen LogP contribution in [-0.4, -0.2) is 60.2 Å². The summed E-state index contributed by atoms with van der Waals surface area (Å²) >= 11 is -2.01. The molecule has 1 fully saturated rings. The van der Waals surface area contributed by atoms with Crippen LogP contribution in [0.2, 0.25) is 0 Å². The van der Waals surface area contributed by atoms with Crippen LogP contribution in [0, 0.1) is 0 Å². The first-order chi connectivity index (χ1) is 8.08. The van der Waals surface area contributed by atoms with Crippen LogP contribution in [-0.2, 0) is 19.4 Å². The van der Waals surface area contributed by atoms with Crippen molar-refractivity contribution in [3.8, 4) is 0 Å². The Balaban J connectivity index is 2.32. The average molecular weight is 288 g/mol. The Hall–Kier alpha value is 0.344. The van der Waals surface area contributed by atoms with Crippen molar-refractivity contribution < 1.29 is 32.6 Å². The second-order valence-electron chi connectivity index (χ2n) is 3.85. The van der Waals surface area contributed by atoms with Gasteiger partial charge in [0.05, 0.1) is 0 Å². The first-order valence-electron chi connectivity index (χ1n) is 5.79. The maximum absolute atomic E-state index is 12.4. The Labute approximate surface area is 109 Å². The molecule has 100 valence electrons. The van der Waals surface area contributed by atoms with Gasteiger partial charge in [-0.3, -0.25) is 0 Å². The molecular weight excluding hydrogens is 269 g/mol. The van der Waals surface area contributed by atoms with Gasteiger partial charge in [-0.25, -0.2) is 0 Å². The van der Waals surface area contributed by atoms with Crippen molar-refractivity contribution in [3.63, 3.8) is 0 Å². The Bertz CT molecular complexity index is 191. The summed E-state index contributed by atoms with van der Waals surface area (Å²) < 4.78 is 34.7. The molecule has 1 aliphatic heterocycles. The van der Waals surface area contributed by atoms with Gasteiger partial charge < -0.3 is 0 Å². The monoisotopic (exact) mass is 288 g/mol. The van der Waals surface area contributed by atoms with Gasteiger partial charge in [0.15, 0.2) is 0 Å². The first-order valence-corrected chi connectivity index (χ1v) is 7.27. The standard InChI is InChI=1S/C8H19N4.CF3.Ti/c1-2-10-5-6-12-8-7-11-4-3-9-1;2-1(3)4;/h9-11H,1-8H2;;/q-1;;+1. The van der Waals surface area contributed by atoms with Crippen LogP contribution in [0.4, 0.5) is 13.2 Å². The van der Waals surface area contributed by atoms with Crippen LogP contribution in [0.5, 0.6) is 0 Å². The predicted molar refractivity (Wildman–Crippen MR) is 56.2 cm³/mol. The molecule has 1 saturated heterocycles. The van der Waals surface area contributed by atoms with Crippen LogP contribution >= 0.6 is 0 Å². The number of hydrogen-bond donors (Lipinski definition) is 3. The molecule has 0 unspecified atom stereocenters. The Morgan fingerprint density at radius 3 is 1.59 bits per heavy atom. The molecule has 0 saturated carbocycles. The summed E-state index contributed by atoms with van der Waals surface area (Å²) in [6.07, 6.45) is 0. The van der Waals surface area contributed by atoms with E-state index in [0.29, 0.717) is 26.2 Å². The summed E-state index contributed by atoms with van der Waals surface area (Å²) in [6, 6.07) is 0. The zero-order valence-electron chi connectivity index (χ0n) is 9.74. The van der Waals surface area contributed by atoms with E-state index in [0.717, 1.165) is 26.2 Å². The average Bonchev–Trinajstić information content (AvgIpc) is 2.20. The predicted octanol–water partition coefficient (Wildman–Crippen LogP) is -0.412. The maximum atomic E-state index is 12.4. The van der Waals surface area contributed by atoms with E-state index in [2.05, 4.69) is 16.0 Å². The number of alkyl halides is 3. The topological polar surface area (TPSA) is 39.3 Å². The molecule has 0 aromatic heterocycles.